The van der Waals surface area contributed by atoms with Gasteiger partial charge >= 0.3 is 0 Å². The van der Waals surface area contributed by atoms with Crippen LogP contribution in [0.5, 0.6) is 0 Å². The van der Waals surface area contributed by atoms with Gasteiger partial charge in [0.05, 0.1) is 0 Å². The summed E-state index contributed by atoms with van der Waals surface area (Å²) in [7, 11) is 0. The van der Waals surface area contributed by atoms with Gasteiger partial charge in [-0.05, 0) is 18.4 Å². The molecule has 1 fully saturated rings. The highest BCUT2D eigenvalue weighted by molar-refractivity contribution is 7.79. The van der Waals surface area contributed by atoms with Crippen molar-refractivity contribution in [1.82, 2.24) is 0 Å². The Morgan fingerprint density at radius 2 is 1.93 bits per heavy atom. The molecule has 1 saturated carbocycles. The minimum Gasteiger partial charge on any atom is -0.294 e. The van der Waals surface area contributed by atoms with E-state index in [0.29, 0.717) is 0 Å². The zero-order chi connectivity index (χ0) is 10.7. The first-order chi connectivity index (χ1) is 7.33. The number of ketones is 1. The summed E-state index contributed by atoms with van der Waals surface area (Å²) in [4.78, 5) is 12.2. The number of hydrogen-bond acceptors (Lipinski definition) is 2. The van der Waals surface area contributed by atoms with Crippen LogP contribution in [0.1, 0.15) is 41.6 Å². The predicted molar refractivity (Wildman–Crippen MR) is 65.5 cm³/mol. The summed E-state index contributed by atoms with van der Waals surface area (Å²) in [6.45, 7) is 0. The second kappa shape index (κ2) is 4.67. The minimum atomic E-state index is 0.237. The van der Waals surface area contributed by atoms with Gasteiger partial charge in [-0.2, -0.15) is 0 Å². The summed E-state index contributed by atoms with van der Waals surface area (Å²) in [5.74, 6) is 0.519. The second-order valence-corrected chi connectivity index (χ2v) is 4.29. The third-order valence-corrected chi connectivity index (χ3v) is 3.33. The molecule has 0 bridgehead atoms. The lowest BCUT2D eigenvalue weighted by atomic mass is 9.93. The fraction of sp³-hybridized carbons (Fsp3) is 0.385. The lowest BCUT2D eigenvalue weighted by molar-refractivity contribution is 0.0923. The van der Waals surface area contributed by atoms with E-state index in [4.69, 9.17) is 12.2 Å². The van der Waals surface area contributed by atoms with Crippen molar-refractivity contribution in [3.05, 3.63) is 35.4 Å². The number of Topliss-reactive ketones (excluding diaryl/α,β-unsaturated/α-hetero) is 1. The van der Waals surface area contributed by atoms with Gasteiger partial charge in [-0.1, -0.05) is 49.3 Å². The molecule has 2 rings (SSSR count). The Labute approximate surface area is 95.5 Å². The van der Waals surface area contributed by atoms with Crippen molar-refractivity contribution in [2.75, 3.05) is 0 Å². The van der Waals surface area contributed by atoms with Gasteiger partial charge in [0.1, 0.15) is 0 Å². The Morgan fingerprint density at radius 1 is 1.27 bits per heavy atom. The second-order valence-electron chi connectivity index (χ2n) is 4.05. The van der Waals surface area contributed by atoms with Crippen LogP contribution >= 0.6 is 12.2 Å². The van der Waals surface area contributed by atoms with Crippen molar-refractivity contribution in [3.63, 3.8) is 0 Å². The molecular weight excluding hydrogens is 204 g/mol. The standard InChI is InChI=1S/C13H14OS/c14-13(10-5-1-2-6-10)12-8-4-3-7-11(12)9-15/h3-4,7-10H,1-2,5-6H2. The molecule has 0 aliphatic heterocycles. The average Bonchev–Trinajstić information content (AvgIpc) is 2.81. The quantitative estimate of drug-likeness (QED) is 0.571. The maximum absolute atomic E-state index is 12.2. The summed E-state index contributed by atoms with van der Waals surface area (Å²) >= 11 is 4.92. The third kappa shape index (κ3) is 2.15. The molecule has 0 atom stereocenters. The van der Waals surface area contributed by atoms with Crippen LogP contribution in [0.2, 0.25) is 0 Å². The normalized spacial score (nSPS) is 16.5. The molecule has 1 nitrogen and oxygen atoms in total. The van der Waals surface area contributed by atoms with E-state index in [2.05, 4.69) is 0 Å². The Bertz CT molecular complexity index is 378. The smallest absolute Gasteiger partial charge is 0.166 e. The molecule has 15 heavy (non-hydrogen) atoms. The molecule has 1 aromatic rings. The molecule has 0 radical (unpaired) electrons. The lowest BCUT2D eigenvalue weighted by Crippen LogP contribution is -2.12. The van der Waals surface area contributed by atoms with Crippen molar-refractivity contribution in [2.24, 2.45) is 5.92 Å². The number of carbonyl (C=O) groups excluding carboxylic acids is 1. The molecule has 1 aromatic carbocycles. The first kappa shape index (κ1) is 10.5. The molecule has 2 heteroatoms. The van der Waals surface area contributed by atoms with Gasteiger partial charge in [0.2, 0.25) is 0 Å². The SMILES string of the molecule is O=C(c1ccccc1C=S)C1CCCC1. The highest BCUT2D eigenvalue weighted by Gasteiger charge is 2.24. The van der Waals surface area contributed by atoms with Crippen molar-refractivity contribution in [3.8, 4) is 0 Å². The van der Waals surface area contributed by atoms with Gasteiger partial charge in [0, 0.05) is 16.8 Å². The molecule has 1 aliphatic carbocycles. The number of hydrogen-bond donors (Lipinski definition) is 0. The van der Waals surface area contributed by atoms with Crippen molar-refractivity contribution >= 4 is 23.4 Å². The van der Waals surface area contributed by atoms with Crippen LogP contribution in [0.4, 0.5) is 0 Å². The zero-order valence-corrected chi connectivity index (χ0v) is 9.43. The molecule has 0 aromatic heterocycles. The molecular formula is C13H14OS. The van der Waals surface area contributed by atoms with E-state index in [0.717, 1.165) is 24.0 Å². The first-order valence-corrected chi connectivity index (χ1v) is 5.88. The predicted octanol–water partition coefficient (Wildman–Crippen LogP) is 3.41. The molecule has 1 aliphatic rings. The molecule has 0 heterocycles. The fourth-order valence-electron chi connectivity index (χ4n) is 2.23. The highest BCUT2D eigenvalue weighted by Crippen LogP contribution is 2.28. The van der Waals surface area contributed by atoms with Gasteiger partial charge in [0.25, 0.3) is 0 Å². The fourth-order valence-corrected chi connectivity index (χ4v) is 2.44. The van der Waals surface area contributed by atoms with E-state index in [1.807, 2.05) is 24.3 Å². The molecule has 0 N–H and O–H groups in total. The van der Waals surface area contributed by atoms with Gasteiger partial charge in [-0.15, -0.1) is 0 Å². The third-order valence-electron chi connectivity index (χ3n) is 3.08. The lowest BCUT2D eigenvalue weighted by Gasteiger charge is -2.09. The molecule has 0 amide bonds. The van der Waals surface area contributed by atoms with Gasteiger partial charge in [-0.25, -0.2) is 0 Å². The summed E-state index contributed by atoms with van der Waals surface area (Å²) in [5.41, 5.74) is 1.70. The van der Waals surface area contributed by atoms with Crippen LogP contribution in [0.3, 0.4) is 0 Å². The Kier molecular flexibility index (Phi) is 3.27. The largest absolute Gasteiger partial charge is 0.294 e. The van der Waals surface area contributed by atoms with Gasteiger partial charge in [-0.3, -0.25) is 4.79 Å². The maximum Gasteiger partial charge on any atom is 0.166 e. The summed E-state index contributed by atoms with van der Waals surface area (Å²) in [6, 6.07) is 7.63. The van der Waals surface area contributed by atoms with Crippen molar-refractivity contribution in [1.29, 1.82) is 0 Å². The van der Waals surface area contributed by atoms with E-state index in [1.165, 1.54) is 12.8 Å². The topological polar surface area (TPSA) is 17.1 Å². The van der Waals surface area contributed by atoms with E-state index >= 15 is 0 Å². The van der Waals surface area contributed by atoms with Crippen LogP contribution in [0.15, 0.2) is 24.3 Å². The Hall–Kier alpha value is -1.02. The summed E-state index contributed by atoms with van der Waals surface area (Å²) in [5, 5.41) is 1.60. The maximum atomic E-state index is 12.2. The van der Waals surface area contributed by atoms with Crippen LogP contribution in [0, 0.1) is 5.92 Å². The number of benzene rings is 1. The molecule has 78 valence electrons. The minimum absolute atomic E-state index is 0.237. The van der Waals surface area contributed by atoms with E-state index in [1.54, 1.807) is 5.37 Å². The Morgan fingerprint density at radius 3 is 2.60 bits per heavy atom. The molecule has 0 saturated heterocycles. The zero-order valence-electron chi connectivity index (χ0n) is 8.61. The average molecular weight is 218 g/mol. The monoisotopic (exact) mass is 218 g/mol. The highest BCUT2D eigenvalue weighted by atomic mass is 32.1. The van der Waals surface area contributed by atoms with Crippen LogP contribution in [-0.4, -0.2) is 11.2 Å². The van der Waals surface area contributed by atoms with Crippen molar-refractivity contribution in [2.45, 2.75) is 25.7 Å². The van der Waals surface area contributed by atoms with Crippen LogP contribution in [0.25, 0.3) is 0 Å². The van der Waals surface area contributed by atoms with Gasteiger partial charge < -0.3 is 0 Å². The summed E-state index contributed by atoms with van der Waals surface area (Å²) < 4.78 is 0. The Balaban J connectivity index is 2.27. The van der Waals surface area contributed by atoms with E-state index in [9.17, 15) is 4.79 Å². The van der Waals surface area contributed by atoms with Gasteiger partial charge in [0.15, 0.2) is 5.78 Å². The first-order valence-electron chi connectivity index (χ1n) is 5.41. The number of rotatable bonds is 3. The van der Waals surface area contributed by atoms with Crippen molar-refractivity contribution < 1.29 is 4.79 Å². The molecule has 0 spiro atoms. The van der Waals surface area contributed by atoms with E-state index < -0.39 is 0 Å². The molecule has 0 unspecified atom stereocenters. The number of thiocarbonyl (C=S) groups is 1. The van der Waals surface area contributed by atoms with Crippen LogP contribution in [-0.2, 0) is 0 Å². The summed E-state index contributed by atoms with van der Waals surface area (Å²) in [6.07, 6.45) is 4.47. The van der Waals surface area contributed by atoms with Crippen LogP contribution < -0.4 is 0 Å². The number of carbonyl (C=O) groups is 1. The van der Waals surface area contributed by atoms with E-state index in [-0.39, 0.29) is 11.7 Å².